The van der Waals surface area contributed by atoms with E-state index in [1.165, 1.54) is 0 Å². The summed E-state index contributed by atoms with van der Waals surface area (Å²) >= 11 is 0. The fraction of sp³-hybridized carbons (Fsp3) is 0.533. The Balaban J connectivity index is 1.95. The quantitative estimate of drug-likeness (QED) is 0.866. The molecule has 1 aliphatic heterocycles. The minimum absolute atomic E-state index is 0.00418. The minimum Gasteiger partial charge on any atom is -0.380 e. The zero-order valence-electron chi connectivity index (χ0n) is 11.6. The summed E-state index contributed by atoms with van der Waals surface area (Å²) in [4.78, 5) is 12.2. The molecule has 1 heterocycles. The van der Waals surface area contributed by atoms with Crippen LogP contribution in [-0.4, -0.2) is 32.1 Å². The van der Waals surface area contributed by atoms with Gasteiger partial charge in [-0.1, -0.05) is 19.1 Å². The van der Waals surface area contributed by atoms with E-state index in [9.17, 15) is 4.79 Å². The maximum atomic E-state index is 12.2. The van der Waals surface area contributed by atoms with Crippen molar-refractivity contribution >= 4 is 5.91 Å². The average Bonchev–Trinajstić information content (AvgIpc) is 2.42. The highest BCUT2D eigenvalue weighted by molar-refractivity contribution is 5.94. The zero-order valence-corrected chi connectivity index (χ0v) is 11.6. The van der Waals surface area contributed by atoms with Gasteiger partial charge in [0.15, 0.2) is 0 Å². The highest BCUT2D eigenvalue weighted by atomic mass is 16.5. The first-order chi connectivity index (χ1) is 9.20. The van der Waals surface area contributed by atoms with E-state index >= 15 is 0 Å². The molecule has 104 valence electrons. The van der Waals surface area contributed by atoms with Crippen molar-refractivity contribution in [3.8, 4) is 0 Å². The molecular weight excluding hydrogens is 240 g/mol. The van der Waals surface area contributed by atoms with E-state index in [2.05, 4.69) is 17.6 Å². The van der Waals surface area contributed by atoms with Crippen LogP contribution < -0.4 is 10.6 Å². The fourth-order valence-electron chi connectivity index (χ4n) is 2.35. The topological polar surface area (TPSA) is 50.4 Å². The Hall–Kier alpha value is -1.39. The largest absolute Gasteiger partial charge is 0.380 e. The maximum absolute atomic E-state index is 12.2. The third kappa shape index (κ3) is 3.78. The van der Waals surface area contributed by atoms with Crippen LogP contribution in [0.4, 0.5) is 0 Å². The van der Waals surface area contributed by atoms with Crippen LogP contribution in [0.3, 0.4) is 0 Å². The third-order valence-electron chi connectivity index (χ3n) is 3.67. The van der Waals surface area contributed by atoms with Crippen molar-refractivity contribution in [1.82, 2.24) is 10.6 Å². The number of rotatable bonds is 4. The van der Waals surface area contributed by atoms with E-state index in [1.54, 1.807) is 7.11 Å². The van der Waals surface area contributed by atoms with E-state index < -0.39 is 0 Å². The van der Waals surface area contributed by atoms with Crippen LogP contribution >= 0.6 is 0 Å². The molecule has 0 saturated carbocycles. The van der Waals surface area contributed by atoms with Crippen LogP contribution in [-0.2, 0) is 11.3 Å². The molecule has 2 atom stereocenters. The molecule has 2 N–H and O–H groups in total. The number of hydrogen-bond acceptors (Lipinski definition) is 3. The lowest BCUT2D eigenvalue weighted by molar-refractivity contribution is 0.0915. The van der Waals surface area contributed by atoms with Gasteiger partial charge in [0.05, 0.1) is 6.61 Å². The van der Waals surface area contributed by atoms with Gasteiger partial charge in [-0.05, 0) is 36.6 Å². The van der Waals surface area contributed by atoms with Crippen molar-refractivity contribution in [1.29, 1.82) is 0 Å². The molecule has 0 bridgehead atoms. The van der Waals surface area contributed by atoms with E-state index in [0.29, 0.717) is 18.1 Å². The predicted octanol–water partition coefficient (Wildman–Crippen LogP) is 1.56. The first kappa shape index (κ1) is 14.0. The van der Waals surface area contributed by atoms with E-state index in [1.807, 2.05) is 24.3 Å². The second kappa shape index (κ2) is 6.68. The van der Waals surface area contributed by atoms with Gasteiger partial charge in [0.2, 0.25) is 0 Å². The van der Waals surface area contributed by atoms with Crippen molar-refractivity contribution in [3.63, 3.8) is 0 Å². The molecule has 1 aromatic carbocycles. The minimum atomic E-state index is 0.00418. The molecule has 1 amide bonds. The second-order valence-electron chi connectivity index (χ2n) is 5.18. The summed E-state index contributed by atoms with van der Waals surface area (Å²) in [5, 5.41) is 6.42. The molecule has 4 nitrogen and oxygen atoms in total. The summed E-state index contributed by atoms with van der Waals surface area (Å²) in [5.41, 5.74) is 1.78. The molecule has 0 radical (unpaired) electrons. The highest BCUT2D eigenvalue weighted by Gasteiger charge is 2.22. The summed E-state index contributed by atoms with van der Waals surface area (Å²) in [6, 6.07) is 7.79. The molecule has 2 unspecified atom stereocenters. The Morgan fingerprint density at radius 3 is 2.79 bits per heavy atom. The molecule has 4 heteroatoms. The molecule has 1 aromatic rings. The lowest BCUT2D eigenvalue weighted by atomic mass is 9.94. The SMILES string of the molecule is COCc1ccc(C(=O)NC2CNCCC2C)cc1. The van der Waals surface area contributed by atoms with E-state index in [0.717, 1.165) is 25.1 Å². The number of carbonyl (C=O) groups is 1. The number of carbonyl (C=O) groups excluding carboxylic acids is 1. The van der Waals surface area contributed by atoms with Gasteiger partial charge in [-0.2, -0.15) is 0 Å². The Kier molecular flexibility index (Phi) is 4.93. The average molecular weight is 262 g/mol. The van der Waals surface area contributed by atoms with Gasteiger partial charge < -0.3 is 15.4 Å². The van der Waals surface area contributed by atoms with Crippen LogP contribution in [0.25, 0.3) is 0 Å². The zero-order chi connectivity index (χ0) is 13.7. The van der Waals surface area contributed by atoms with Gasteiger partial charge in [-0.25, -0.2) is 0 Å². The Morgan fingerprint density at radius 2 is 2.16 bits per heavy atom. The van der Waals surface area contributed by atoms with Crippen LogP contribution in [0, 0.1) is 5.92 Å². The Morgan fingerprint density at radius 1 is 1.42 bits per heavy atom. The van der Waals surface area contributed by atoms with Crippen molar-refractivity contribution in [2.45, 2.75) is 26.0 Å². The molecule has 0 spiro atoms. The number of piperidine rings is 1. The standard InChI is InChI=1S/C15H22N2O2/c1-11-7-8-16-9-14(11)17-15(18)13-5-3-12(4-6-13)10-19-2/h3-6,11,14,16H,7-10H2,1-2H3,(H,17,18). The van der Waals surface area contributed by atoms with Crippen molar-refractivity contribution in [2.24, 2.45) is 5.92 Å². The number of methoxy groups -OCH3 is 1. The van der Waals surface area contributed by atoms with Crippen molar-refractivity contribution in [3.05, 3.63) is 35.4 Å². The van der Waals surface area contributed by atoms with Gasteiger partial charge in [0, 0.05) is 25.3 Å². The molecule has 2 rings (SSSR count). The number of amides is 1. The highest BCUT2D eigenvalue weighted by Crippen LogP contribution is 2.12. The molecular formula is C15H22N2O2. The lowest BCUT2D eigenvalue weighted by Crippen LogP contribution is -2.50. The van der Waals surface area contributed by atoms with Crippen LogP contribution in [0.1, 0.15) is 29.3 Å². The predicted molar refractivity (Wildman–Crippen MR) is 75.1 cm³/mol. The lowest BCUT2D eigenvalue weighted by Gasteiger charge is -2.30. The van der Waals surface area contributed by atoms with Gasteiger partial charge in [-0.15, -0.1) is 0 Å². The molecule has 1 fully saturated rings. The molecule has 1 aliphatic rings. The van der Waals surface area contributed by atoms with Crippen molar-refractivity contribution in [2.75, 3.05) is 20.2 Å². The van der Waals surface area contributed by atoms with E-state index in [4.69, 9.17) is 4.74 Å². The third-order valence-corrected chi connectivity index (χ3v) is 3.67. The van der Waals surface area contributed by atoms with Gasteiger partial charge >= 0.3 is 0 Å². The summed E-state index contributed by atoms with van der Waals surface area (Å²) in [5.74, 6) is 0.530. The number of benzene rings is 1. The van der Waals surface area contributed by atoms with Crippen LogP contribution in [0.2, 0.25) is 0 Å². The van der Waals surface area contributed by atoms with Crippen LogP contribution in [0.5, 0.6) is 0 Å². The fourth-order valence-corrected chi connectivity index (χ4v) is 2.35. The molecule has 0 aliphatic carbocycles. The smallest absolute Gasteiger partial charge is 0.251 e. The van der Waals surface area contributed by atoms with Gasteiger partial charge in [0.1, 0.15) is 0 Å². The summed E-state index contributed by atoms with van der Waals surface area (Å²) in [6.07, 6.45) is 1.11. The second-order valence-corrected chi connectivity index (χ2v) is 5.18. The Labute approximate surface area is 114 Å². The number of nitrogens with one attached hydrogen (secondary N) is 2. The summed E-state index contributed by atoms with van der Waals surface area (Å²) in [6.45, 7) is 4.66. The van der Waals surface area contributed by atoms with Crippen molar-refractivity contribution < 1.29 is 9.53 Å². The Bertz CT molecular complexity index is 417. The van der Waals surface area contributed by atoms with Crippen LogP contribution in [0.15, 0.2) is 24.3 Å². The molecule has 0 aromatic heterocycles. The normalized spacial score (nSPS) is 23.1. The molecule has 1 saturated heterocycles. The summed E-state index contributed by atoms with van der Waals surface area (Å²) in [7, 11) is 1.66. The van der Waals surface area contributed by atoms with Gasteiger partial charge in [-0.3, -0.25) is 4.79 Å². The monoisotopic (exact) mass is 262 g/mol. The summed E-state index contributed by atoms with van der Waals surface area (Å²) < 4.78 is 5.05. The number of hydrogen-bond donors (Lipinski definition) is 2. The maximum Gasteiger partial charge on any atom is 0.251 e. The van der Waals surface area contributed by atoms with E-state index in [-0.39, 0.29) is 11.9 Å². The first-order valence-corrected chi connectivity index (χ1v) is 6.80. The number of ether oxygens (including phenoxy) is 1. The molecule has 19 heavy (non-hydrogen) atoms. The van der Waals surface area contributed by atoms with Gasteiger partial charge in [0.25, 0.3) is 5.91 Å². The first-order valence-electron chi connectivity index (χ1n) is 6.80.